The Morgan fingerprint density at radius 1 is 1.19 bits per heavy atom. The zero-order valence-electron chi connectivity index (χ0n) is 18.8. The van der Waals surface area contributed by atoms with Gasteiger partial charge in [0.2, 0.25) is 5.88 Å². The molecular weight excluding hydrogens is 484 g/mol. The Kier molecular flexibility index (Phi) is 5.18. The van der Waals surface area contributed by atoms with E-state index in [1.807, 2.05) is 0 Å². The van der Waals surface area contributed by atoms with Crippen LogP contribution in [0.1, 0.15) is 24.1 Å². The number of nitrogens with zero attached hydrogens (tertiary/aromatic N) is 4. The Labute approximate surface area is 202 Å². The lowest BCUT2D eigenvalue weighted by Crippen LogP contribution is -2.54. The Morgan fingerprint density at radius 2 is 2.06 bits per heavy atom. The predicted molar refractivity (Wildman–Crippen MR) is 118 cm³/mol. The fourth-order valence-corrected chi connectivity index (χ4v) is 5.21. The average Bonchev–Trinajstić information content (AvgIpc) is 3.28. The van der Waals surface area contributed by atoms with Gasteiger partial charge in [0.05, 0.1) is 31.3 Å². The fourth-order valence-electron chi connectivity index (χ4n) is 5.21. The minimum Gasteiger partial charge on any atom is -0.473 e. The number of anilines is 1. The van der Waals surface area contributed by atoms with E-state index in [1.165, 1.54) is 18.2 Å². The number of benzene rings is 1. The first kappa shape index (κ1) is 22.8. The van der Waals surface area contributed by atoms with Crippen LogP contribution in [0.25, 0.3) is 0 Å². The van der Waals surface area contributed by atoms with Gasteiger partial charge in [0.15, 0.2) is 11.6 Å². The number of morpholine rings is 1. The molecule has 5 heterocycles. The van der Waals surface area contributed by atoms with Gasteiger partial charge in [0.25, 0.3) is 0 Å². The molecule has 0 N–H and O–H groups in total. The Balaban J connectivity index is 1.17. The first-order valence-corrected chi connectivity index (χ1v) is 11.3. The van der Waals surface area contributed by atoms with Gasteiger partial charge in [-0.3, -0.25) is 9.55 Å². The summed E-state index contributed by atoms with van der Waals surface area (Å²) in [5.41, 5.74) is -1.35. The first-order valence-electron chi connectivity index (χ1n) is 11.3. The topological polar surface area (TPSA) is 78.7 Å². The number of alkyl halides is 3. The van der Waals surface area contributed by atoms with Gasteiger partial charge in [-0.05, 0) is 36.6 Å². The highest BCUT2D eigenvalue weighted by atomic mass is 19.4. The molecule has 3 aliphatic heterocycles. The van der Waals surface area contributed by atoms with Crippen molar-refractivity contribution in [2.75, 3.05) is 18.1 Å². The molecule has 1 aromatic carbocycles. The van der Waals surface area contributed by atoms with Crippen LogP contribution < -0.4 is 20.1 Å². The lowest BCUT2D eigenvalue weighted by Gasteiger charge is -2.39. The molecule has 12 heteroatoms. The van der Waals surface area contributed by atoms with E-state index >= 15 is 0 Å². The molecule has 188 valence electrons. The summed E-state index contributed by atoms with van der Waals surface area (Å²) in [6.45, 7) is 1.63. The van der Waals surface area contributed by atoms with E-state index in [9.17, 15) is 22.4 Å². The van der Waals surface area contributed by atoms with Crippen molar-refractivity contribution in [3.05, 3.63) is 70.2 Å². The van der Waals surface area contributed by atoms with Crippen LogP contribution in [0.15, 0.2) is 47.4 Å². The number of aromatic nitrogens is 3. The van der Waals surface area contributed by atoms with Gasteiger partial charge >= 0.3 is 11.9 Å². The SMILES string of the molecule is O=c1nc(OCc2ccc(Oc3ccnc(C(F)(F)F)c3)c(F)c2)cc2n1CC13CCC(COC1)N23. The number of ether oxygens (including phenoxy) is 3. The second kappa shape index (κ2) is 8.19. The van der Waals surface area contributed by atoms with Crippen molar-refractivity contribution in [3.8, 4) is 17.4 Å². The first-order chi connectivity index (χ1) is 17.2. The van der Waals surface area contributed by atoms with E-state index in [0.717, 1.165) is 30.9 Å². The molecule has 3 aromatic rings. The van der Waals surface area contributed by atoms with Crippen molar-refractivity contribution >= 4 is 5.82 Å². The zero-order chi connectivity index (χ0) is 25.1. The smallest absolute Gasteiger partial charge is 0.433 e. The number of hydrogen-bond acceptors (Lipinski definition) is 7. The van der Waals surface area contributed by atoms with Crippen LogP contribution in [0.3, 0.4) is 0 Å². The van der Waals surface area contributed by atoms with Crippen molar-refractivity contribution in [1.29, 1.82) is 0 Å². The molecule has 0 radical (unpaired) electrons. The van der Waals surface area contributed by atoms with Crippen LogP contribution in [0.4, 0.5) is 23.4 Å². The molecule has 0 spiro atoms. The van der Waals surface area contributed by atoms with Crippen LogP contribution in [0.2, 0.25) is 0 Å². The molecule has 0 saturated carbocycles. The monoisotopic (exact) mass is 504 g/mol. The lowest BCUT2D eigenvalue weighted by atomic mass is 9.99. The second-order valence-corrected chi connectivity index (χ2v) is 9.15. The molecule has 2 fully saturated rings. The molecule has 2 unspecified atom stereocenters. The largest absolute Gasteiger partial charge is 0.473 e. The minimum atomic E-state index is -4.64. The van der Waals surface area contributed by atoms with Gasteiger partial charge in [-0.25, -0.2) is 9.18 Å². The van der Waals surface area contributed by atoms with Crippen LogP contribution >= 0.6 is 0 Å². The predicted octanol–water partition coefficient (Wildman–Crippen LogP) is 3.92. The molecule has 2 bridgehead atoms. The molecule has 6 rings (SSSR count). The van der Waals surface area contributed by atoms with E-state index < -0.39 is 23.4 Å². The van der Waals surface area contributed by atoms with E-state index in [1.54, 1.807) is 10.6 Å². The van der Waals surface area contributed by atoms with E-state index in [-0.39, 0.29) is 35.6 Å². The highest BCUT2D eigenvalue weighted by Gasteiger charge is 2.55. The summed E-state index contributed by atoms with van der Waals surface area (Å²) in [7, 11) is 0. The van der Waals surface area contributed by atoms with Crippen LogP contribution in [0, 0.1) is 5.82 Å². The van der Waals surface area contributed by atoms with Crippen LogP contribution in [0.5, 0.6) is 17.4 Å². The molecule has 3 aliphatic rings. The lowest BCUT2D eigenvalue weighted by molar-refractivity contribution is -0.141. The van der Waals surface area contributed by atoms with Crippen molar-refractivity contribution in [3.63, 3.8) is 0 Å². The second-order valence-electron chi connectivity index (χ2n) is 9.15. The summed E-state index contributed by atoms with van der Waals surface area (Å²) < 4.78 is 71.5. The molecule has 0 aliphatic carbocycles. The fraction of sp³-hybridized carbons (Fsp3) is 0.375. The van der Waals surface area contributed by atoms with Crippen molar-refractivity contribution in [2.45, 2.75) is 43.8 Å². The van der Waals surface area contributed by atoms with Gasteiger partial charge in [0, 0.05) is 18.3 Å². The van der Waals surface area contributed by atoms with Crippen molar-refractivity contribution < 1.29 is 31.8 Å². The number of halogens is 4. The Hall–Kier alpha value is -3.67. The van der Waals surface area contributed by atoms with Gasteiger partial charge in [-0.2, -0.15) is 18.2 Å². The maximum Gasteiger partial charge on any atom is 0.433 e. The maximum atomic E-state index is 14.6. The van der Waals surface area contributed by atoms with Gasteiger partial charge < -0.3 is 19.1 Å². The van der Waals surface area contributed by atoms with Gasteiger partial charge in [-0.1, -0.05) is 6.07 Å². The number of rotatable bonds is 5. The third-order valence-electron chi connectivity index (χ3n) is 6.80. The molecule has 8 nitrogen and oxygen atoms in total. The highest BCUT2D eigenvalue weighted by molar-refractivity contribution is 5.53. The van der Waals surface area contributed by atoms with Crippen molar-refractivity contribution in [1.82, 2.24) is 14.5 Å². The van der Waals surface area contributed by atoms with Gasteiger partial charge in [-0.15, -0.1) is 0 Å². The van der Waals surface area contributed by atoms with E-state index in [2.05, 4.69) is 14.9 Å². The molecule has 36 heavy (non-hydrogen) atoms. The average molecular weight is 504 g/mol. The molecule has 2 saturated heterocycles. The Morgan fingerprint density at radius 3 is 2.86 bits per heavy atom. The van der Waals surface area contributed by atoms with Crippen molar-refractivity contribution in [2.24, 2.45) is 0 Å². The third-order valence-corrected chi connectivity index (χ3v) is 6.80. The Bertz CT molecular complexity index is 1390. The number of hydrogen-bond donors (Lipinski definition) is 0. The van der Waals surface area contributed by atoms with Gasteiger partial charge in [0.1, 0.15) is 23.9 Å². The summed E-state index contributed by atoms with van der Waals surface area (Å²) in [6.07, 6.45) is -1.76. The number of pyridine rings is 1. The van der Waals surface area contributed by atoms with Crippen LogP contribution in [-0.4, -0.2) is 39.3 Å². The maximum absolute atomic E-state index is 14.6. The summed E-state index contributed by atoms with van der Waals surface area (Å²) in [5.74, 6) is -0.346. The molecular formula is C24H20F4N4O4. The molecule has 2 atom stereocenters. The quantitative estimate of drug-likeness (QED) is 0.488. The number of fused-ring (bicyclic) bond motifs is 1. The molecule has 0 amide bonds. The summed E-state index contributed by atoms with van der Waals surface area (Å²) in [6, 6.07) is 7.79. The zero-order valence-corrected chi connectivity index (χ0v) is 18.8. The standard InChI is InChI=1S/C24H20F4N4O4/c25-17-7-14(1-2-18(17)36-16-4-6-29-19(8-16)24(26,27)28)10-35-20-9-21-31(22(33)30-20)12-23-5-3-15(32(21)23)11-34-13-23/h1-2,4,6-9,15H,3,5,10-13H2. The normalized spacial score (nSPS) is 22.3. The van der Waals surface area contributed by atoms with E-state index in [4.69, 9.17) is 14.2 Å². The summed E-state index contributed by atoms with van der Waals surface area (Å²) in [4.78, 5) is 22.2. The molecule has 2 aromatic heterocycles. The van der Waals surface area contributed by atoms with E-state index in [0.29, 0.717) is 31.4 Å². The minimum absolute atomic E-state index is 0.0712. The highest BCUT2D eigenvalue weighted by Crippen LogP contribution is 2.47. The third kappa shape index (κ3) is 3.85. The van der Waals surface area contributed by atoms with Crippen LogP contribution in [-0.2, 0) is 24.1 Å². The summed E-state index contributed by atoms with van der Waals surface area (Å²) >= 11 is 0. The summed E-state index contributed by atoms with van der Waals surface area (Å²) in [5, 5.41) is 0.